The van der Waals surface area contributed by atoms with Gasteiger partial charge in [-0.2, -0.15) is 13.2 Å². The second-order valence-corrected chi connectivity index (χ2v) is 11.1. The van der Waals surface area contributed by atoms with Crippen molar-refractivity contribution in [2.45, 2.75) is 19.0 Å². The Balaban J connectivity index is 1.62. The molecule has 1 aromatic heterocycles. The van der Waals surface area contributed by atoms with Gasteiger partial charge in [0.2, 0.25) is 0 Å². The topological polar surface area (TPSA) is 105 Å². The minimum Gasteiger partial charge on any atom is -0.481 e. The average molecular weight is 549 g/mol. The smallest absolute Gasteiger partial charge is 0.405 e. The summed E-state index contributed by atoms with van der Waals surface area (Å²) in [6.45, 7) is -2.44. The Kier molecular flexibility index (Phi) is 7.43. The van der Waals surface area contributed by atoms with Crippen LogP contribution in [-0.2, 0) is 14.9 Å². The van der Waals surface area contributed by atoms with Gasteiger partial charge in [-0.25, -0.2) is 23.1 Å². The number of halogens is 6. The fraction of sp³-hybridized carbons (Fsp3) is 0.318. The van der Waals surface area contributed by atoms with Crippen LogP contribution in [0.2, 0.25) is 0 Å². The van der Waals surface area contributed by atoms with Gasteiger partial charge in [0.25, 0.3) is 12.3 Å². The molecule has 1 saturated heterocycles. The van der Waals surface area contributed by atoms with E-state index in [1.54, 1.807) is 5.32 Å². The summed E-state index contributed by atoms with van der Waals surface area (Å²) in [4.78, 5) is 19.7. The summed E-state index contributed by atoms with van der Waals surface area (Å²) in [6.07, 6.45) is -5.70. The molecule has 0 saturated carbocycles. The minimum atomic E-state index is -4.62. The van der Waals surface area contributed by atoms with E-state index in [1.807, 2.05) is 0 Å². The molecule has 3 N–H and O–H groups in total. The zero-order chi connectivity index (χ0) is 26.8. The number of hydrogen-bond acceptors (Lipinski definition) is 6. The molecule has 0 atom stereocenters. The molecule has 4 rings (SSSR count). The normalized spacial score (nSPS) is 15.6. The fourth-order valence-corrected chi connectivity index (χ4v) is 5.30. The van der Waals surface area contributed by atoms with Crippen molar-refractivity contribution in [2.75, 3.05) is 34.7 Å². The van der Waals surface area contributed by atoms with E-state index in [0.717, 1.165) is 30.9 Å². The van der Waals surface area contributed by atoms with Gasteiger partial charge >= 0.3 is 6.18 Å². The molecular weight excluding hydrogens is 528 g/mol. The summed E-state index contributed by atoms with van der Waals surface area (Å²) in [6, 6.07) is 5.70. The molecule has 15 heteroatoms. The van der Waals surface area contributed by atoms with Crippen molar-refractivity contribution in [1.82, 2.24) is 15.3 Å². The minimum absolute atomic E-state index is 0.00587. The summed E-state index contributed by atoms with van der Waals surface area (Å²) in [5.74, 6) is -1.32. The van der Waals surface area contributed by atoms with Crippen molar-refractivity contribution in [3.63, 3.8) is 0 Å². The molecule has 1 fully saturated rings. The van der Waals surface area contributed by atoms with E-state index in [1.165, 1.54) is 12.1 Å². The number of ether oxygens (including phenoxy) is 1. The third-order valence-electron chi connectivity index (χ3n) is 5.42. The van der Waals surface area contributed by atoms with Crippen LogP contribution in [0.4, 0.5) is 43.5 Å². The van der Waals surface area contributed by atoms with Crippen molar-refractivity contribution in [3.8, 4) is 5.75 Å². The number of rotatable bonds is 9. The lowest BCUT2D eigenvalue weighted by Crippen LogP contribution is -2.39. The van der Waals surface area contributed by atoms with E-state index >= 15 is 0 Å². The van der Waals surface area contributed by atoms with Gasteiger partial charge in [-0.1, -0.05) is 0 Å². The highest BCUT2D eigenvalue weighted by Crippen LogP contribution is 2.37. The van der Waals surface area contributed by atoms with E-state index in [9.17, 15) is 35.3 Å². The summed E-state index contributed by atoms with van der Waals surface area (Å²) in [5.41, 5.74) is -0.107. The van der Waals surface area contributed by atoms with E-state index in [2.05, 4.69) is 20.0 Å². The Bertz CT molecular complexity index is 1360. The third kappa shape index (κ3) is 6.58. The predicted molar refractivity (Wildman–Crippen MR) is 126 cm³/mol. The maximum absolute atomic E-state index is 14.0. The van der Waals surface area contributed by atoms with Crippen LogP contribution in [0.3, 0.4) is 0 Å². The number of nitrogens with zero attached hydrogens (tertiary/aromatic N) is 2. The van der Waals surface area contributed by atoms with Crippen LogP contribution in [0.25, 0.3) is 10.9 Å². The molecule has 8 nitrogen and oxygen atoms in total. The largest absolute Gasteiger partial charge is 0.481 e. The lowest BCUT2D eigenvalue weighted by atomic mass is 10.1. The predicted octanol–water partition coefficient (Wildman–Crippen LogP) is 4.25. The maximum atomic E-state index is 14.0. The molecular formula is C22H21F6N5O3S. The highest BCUT2D eigenvalue weighted by molar-refractivity contribution is 8.05. The molecule has 200 valence electrons. The van der Waals surface area contributed by atoms with E-state index in [4.69, 9.17) is 4.74 Å². The molecule has 3 aromatic rings. The molecule has 0 spiro atoms. The Morgan fingerprint density at radius 3 is 2.54 bits per heavy atom. The fourth-order valence-electron chi connectivity index (χ4n) is 3.59. The van der Waals surface area contributed by atoms with Crippen LogP contribution in [0.5, 0.6) is 5.75 Å². The Labute approximate surface area is 207 Å². The van der Waals surface area contributed by atoms with E-state index in [-0.39, 0.29) is 33.8 Å². The maximum Gasteiger partial charge on any atom is 0.405 e. The van der Waals surface area contributed by atoms with Crippen molar-refractivity contribution >= 4 is 44.1 Å². The van der Waals surface area contributed by atoms with Gasteiger partial charge in [0, 0.05) is 28.8 Å². The number of anilines is 3. The van der Waals surface area contributed by atoms with Crippen molar-refractivity contribution in [2.24, 2.45) is 0 Å². The SMILES string of the molecule is O=C(COc1cc(F)ccc1Nc1ncnc2cc(N[SH]3(=O)CCC3)cc(C(F)F)c12)NCC(F)(F)F. The van der Waals surface area contributed by atoms with Crippen LogP contribution in [0, 0.1) is 5.82 Å². The molecule has 2 heterocycles. The van der Waals surface area contributed by atoms with Gasteiger partial charge in [-0.05, 0) is 40.8 Å². The van der Waals surface area contributed by atoms with Gasteiger partial charge < -0.3 is 20.1 Å². The summed E-state index contributed by atoms with van der Waals surface area (Å²) >= 11 is 0. The van der Waals surface area contributed by atoms with Gasteiger partial charge in [0.15, 0.2) is 6.61 Å². The Morgan fingerprint density at radius 2 is 1.89 bits per heavy atom. The molecule has 0 unspecified atom stereocenters. The first kappa shape index (κ1) is 26.4. The highest BCUT2D eigenvalue weighted by Gasteiger charge is 2.28. The number of aromatic nitrogens is 2. The van der Waals surface area contributed by atoms with Crippen molar-refractivity contribution in [3.05, 3.63) is 48.0 Å². The van der Waals surface area contributed by atoms with Crippen LogP contribution in [0.15, 0.2) is 36.7 Å². The Hall–Kier alpha value is -3.62. The van der Waals surface area contributed by atoms with Crippen LogP contribution < -0.4 is 20.1 Å². The second-order valence-electron chi connectivity index (χ2n) is 8.23. The lowest BCUT2D eigenvalue weighted by molar-refractivity contribution is -0.139. The molecule has 2 aromatic carbocycles. The summed E-state index contributed by atoms with van der Waals surface area (Å²) in [7, 11) is -2.65. The molecule has 0 aliphatic carbocycles. The molecule has 1 aliphatic rings. The van der Waals surface area contributed by atoms with Crippen molar-refractivity contribution in [1.29, 1.82) is 0 Å². The number of carbonyl (C=O) groups excluding carboxylic acids is 1. The summed E-state index contributed by atoms with van der Waals surface area (Å²) in [5, 5.41) is 4.30. The number of hydrogen-bond donors (Lipinski definition) is 4. The first-order valence-electron chi connectivity index (χ1n) is 10.9. The zero-order valence-electron chi connectivity index (χ0n) is 18.9. The van der Waals surface area contributed by atoms with Gasteiger partial charge in [-0.15, -0.1) is 0 Å². The monoisotopic (exact) mass is 549 g/mol. The number of benzene rings is 2. The number of amides is 1. The molecule has 1 aliphatic heterocycles. The highest BCUT2D eigenvalue weighted by atomic mass is 32.3. The van der Waals surface area contributed by atoms with E-state index < -0.39 is 53.2 Å². The Morgan fingerprint density at radius 1 is 1.14 bits per heavy atom. The molecule has 0 bridgehead atoms. The average Bonchev–Trinajstić information content (AvgIpc) is 2.80. The summed E-state index contributed by atoms with van der Waals surface area (Å²) < 4.78 is 99.4. The van der Waals surface area contributed by atoms with Crippen molar-refractivity contribution < 1.29 is 40.1 Å². The molecule has 1 amide bonds. The number of carbonyl (C=O) groups is 1. The van der Waals surface area contributed by atoms with Gasteiger partial charge in [0.1, 0.15) is 30.3 Å². The first-order valence-corrected chi connectivity index (χ1v) is 13.0. The van der Waals surface area contributed by atoms with E-state index in [0.29, 0.717) is 11.5 Å². The third-order valence-corrected chi connectivity index (χ3v) is 8.16. The quantitative estimate of drug-likeness (QED) is 0.235. The van der Waals surface area contributed by atoms with Crippen LogP contribution >= 0.6 is 0 Å². The number of alkyl halides is 5. The second kappa shape index (κ2) is 10.4. The van der Waals surface area contributed by atoms with Crippen LogP contribution in [-0.4, -0.2) is 50.9 Å². The zero-order valence-corrected chi connectivity index (χ0v) is 19.8. The van der Waals surface area contributed by atoms with Crippen LogP contribution in [0.1, 0.15) is 18.4 Å². The molecule has 37 heavy (non-hydrogen) atoms. The number of thiol groups is 1. The number of fused-ring (bicyclic) bond motifs is 1. The first-order chi connectivity index (χ1) is 17.4. The number of nitrogens with one attached hydrogen (secondary N) is 3. The molecule has 0 radical (unpaired) electrons. The van der Waals surface area contributed by atoms with Gasteiger partial charge in [0.05, 0.1) is 16.6 Å². The standard InChI is InChI=1S/C22H21F6N5O3S/c23-12-2-3-15(17(6-12)36-9-18(34)29-10-22(26,27)28)32-21-19-14(20(24)25)7-13(8-16(19)30-11-31-21)33-37(35)4-1-5-37/h2-3,6-8,11,20,37H,1,4-5,9-10H2,(H,29,34)(H,33,35)(H,30,31,32). The van der Waals surface area contributed by atoms with Gasteiger partial charge in [-0.3, -0.25) is 9.00 Å². The lowest BCUT2D eigenvalue weighted by Gasteiger charge is -2.34.